The summed E-state index contributed by atoms with van der Waals surface area (Å²) in [5.41, 5.74) is 7.60. The minimum Gasteiger partial charge on any atom is -0.330 e. The molecule has 1 fully saturated rings. The van der Waals surface area contributed by atoms with Crippen molar-refractivity contribution in [1.29, 1.82) is 0 Å². The van der Waals surface area contributed by atoms with E-state index in [2.05, 4.69) is 0 Å². The predicted molar refractivity (Wildman–Crippen MR) is 70.1 cm³/mol. The zero-order chi connectivity index (χ0) is 12.1. The van der Waals surface area contributed by atoms with E-state index in [0.29, 0.717) is 12.3 Å². The molecule has 2 N–H and O–H groups in total. The summed E-state index contributed by atoms with van der Waals surface area (Å²) in [6.07, 6.45) is 6.69. The molecule has 1 aliphatic rings. The van der Waals surface area contributed by atoms with Crippen LogP contribution < -0.4 is 5.73 Å². The molecule has 2 rings (SSSR count). The molecular weight excluding hydrogens is 210 g/mol. The van der Waals surface area contributed by atoms with Gasteiger partial charge in [-0.2, -0.15) is 0 Å². The molecule has 0 amide bonds. The second-order valence-electron chi connectivity index (χ2n) is 4.94. The van der Waals surface area contributed by atoms with E-state index in [0.717, 1.165) is 24.8 Å². The van der Waals surface area contributed by atoms with Crippen molar-refractivity contribution in [3.8, 4) is 0 Å². The Labute approximate surface area is 103 Å². The van der Waals surface area contributed by atoms with Gasteiger partial charge in [-0.1, -0.05) is 37.5 Å². The van der Waals surface area contributed by atoms with Crippen LogP contribution in [0.5, 0.6) is 0 Å². The molecule has 17 heavy (non-hydrogen) atoms. The number of rotatable bonds is 4. The van der Waals surface area contributed by atoms with Gasteiger partial charge in [0.25, 0.3) is 0 Å². The molecule has 0 saturated heterocycles. The van der Waals surface area contributed by atoms with E-state index >= 15 is 0 Å². The fourth-order valence-electron chi connectivity index (χ4n) is 2.65. The van der Waals surface area contributed by atoms with E-state index < -0.39 is 0 Å². The van der Waals surface area contributed by atoms with Crippen LogP contribution >= 0.6 is 0 Å². The van der Waals surface area contributed by atoms with E-state index in [1.165, 1.54) is 24.8 Å². The molecule has 0 heterocycles. The zero-order valence-corrected chi connectivity index (χ0v) is 10.3. The summed E-state index contributed by atoms with van der Waals surface area (Å²) in [4.78, 5) is 12.3. The van der Waals surface area contributed by atoms with E-state index in [1.807, 2.05) is 24.3 Å². The van der Waals surface area contributed by atoms with Gasteiger partial charge in [-0.3, -0.25) is 4.79 Å². The maximum absolute atomic E-state index is 12.3. The Hall–Kier alpha value is -1.15. The maximum Gasteiger partial charge on any atom is 0.165 e. The van der Waals surface area contributed by atoms with Gasteiger partial charge in [0, 0.05) is 11.5 Å². The molecule has 0 radical (unpaired) electrons. The standard InChI is InChI=1S/C15H21NO/c16-10-9-12-5-4-8-14(11-12)15(17)13-6-2-1-3-7-13/h4-5,8,11,13H,1-3,6-7,9-10,16H2. The molecule has 92 valence electrons. The van der Waals surface area contributed by atoms with E-state index in [-0.39, 0.29) is 5.92 Å². The molecule has 1 aliphatic carbocycles. The number of carbonyl (C=O) groups excluding carboxylic acids is 1. The largest absolute Gasteiger partial charge is 0.330 e. The first-order valence-electron chi connectivity index (χ1n) is 6.64. The second-order valence-corrected chi connectivity index (χ2v) is 4.94. The third-order valence-electron chi connectivity index (χ3n) is 3.62. The van der Waals surface area contributed by atoms with Gasteiger partial charge in [0.1, 0.15) is 0 Å². The fraction of sp³-hybridized carbons (Fsp3) is 0.533. The van der Waals surface area contributed by atoms with Crippen LogP contribution in [0, 0.1) is 5.92 Å². The minimum atomic E-state index is 0.261. The van der Waals surface area contributed by atoms with Gasteiger partial charge < -0.3 is 5.73 Å². The molecule has 2 heteroatoms. The Balaban J connectivity index is 2.09. The highest BCUT2D eigenvalue weighted by Gasteiger charge is 2.22. The van der Waals surface area contributed by atoms with E-state index in [1.54, 1.807) is 0 Å². The molecule has 1 aromatic carbocycles. The molecule has 2 nitrogen and oxygen atoms in total. The molecule has 1 saturated carbocycles. The number of hydrogen-bond donors (Lipinski definition) is 1. The average Bonchev–Trinajstić information content (AvgIpc) is 2.40. The summed E-state index contributed by atoms with van der Waals surface area (Å²) in [6.45, 7) is 0.640. The normalized spacial score (nSPS) is 17.0. The smallest absolute Gasteiger partial charge is 0.165 e. The first-order valence-corrected chi connectivity index (χ1v) is 6.64. The van der Waals surface area contributed by atoms with Gasteiger partial charge in [0.15, 0.2) is 5.78 Å². The molecule has 0 atom stereocenters. The summed E-state index contributed by atoms with van der Waals surface area (Å²) in [7, 11) is 0. The Morgan fingerprint density at radius 2 is 2.00 bits per heavy atom. The molecular formula is C15H21NO. The minimum absolute atomic E-state index is 0.261. The number of hydrogen-bond acceptors (Lipinski definition) is 2. The molecule has 0 spiro atoms. The number of nitrogens with two attached hydrogens (primary N) is 1. The van der Waals surface area contributed by atoms with Crippen LogP contribution in [0.1, 0.15) is 48.0 Å². The fourth-order valence-corrected chi connectivity index (χ4v) is 2.65. The van der Waals surface area contributed by atoms with Gasteiger partial charge in [-0.25, -0.2) is 0 Å². The Kier molecular flexibility index (Phi) is 4.32. The van der Waals surface area contributed by atoms with Crippen LogP contribution in [0.2, 0.25) is 0 Å². The van der Waals surface area contributed by atoms with Gasteiger partial charge in [0.05, 0.1) is 0 Å². The molecule has 1 aromatic rings. The predicted octanol–water partition coefficient (Wildman–Crippen LogP) is 2.95. The maximum atomic E-state index is 12.3. The second kappa shape index (κ2) is 5.97. The van der Waals surface area contributed by atoms with Crippen molar-refractivity contribution >= 4 is 5.78 Å². The van der Waals surface area contributed by atoms with Gasteiger partial charge in [0.2, 0.25) is 0 Å². The van der Waals surface area contributed by atoms with Crippen molar-refractivity contribution in [3.63, 3.8) is 0 Å². The van der Waals surface area contributed by atoms with Crippen LogP contribution in [0.4, 0.5) is 0 Å². The number of benzene rings is 1. The van der Waals surface area contributed by atoms with Crippen molar-refractivity contribution in [1.82, 2.24) is 0 Å². The van der Waals surface area contributed by atoms with Crippen LogP contribution in [-0.2, 0) is 6.42 Å². The average molecular weight is 231 g/mol. The zero-order valence-electron chi connectivity index (χ0n) is 10.3. The monoisotopic (exact) mass is 231 g/mol. The summed E-state index contributed by atoms with van der Waals surface area (Å²) in [6, 6.07) is 7.98. The van der Waals surface area contributed by atoms with Crippen molar-refractivity contribution < 1.29 is 4.79 Å². The van der Waals surface area contributed by atoms with Gasteiger partial charge in [-0.05, 0) is 37.4 Å². The summed E-state index contributed by atoms with van der Waals surface area (Å²) in [5.74, 6) is 0.598. The van der Waals surface area contributed by atoms with Gasteiger partial charge >= 0.3 is 0 Å². The SMILES string of the molecule is NCCc1cccc(C(=O)C2CCCCC2)c1. The number of carbonyl (C=O) groups is 1. The molecule has 0 aromatic heterocycles. The lowest BCUT2D eigenvalue weighted by molar-refractivity contribution is 0.0889. The van der Waals surface area contributed by atoms with Crippen molar-refractivity contribution in [2.75, 3.05) is 6.54 Å². The topological polar surface area (TPSA) is 43.1 Å². The third-order valence-corrected chi connectivity index (χ3v) is 3.62. The lowest BCUT2D eigenvalue weighted by Crippen LogP contribution is -2.18. The van der Waals surface area contributed by atoms with Crippen LogP contribution in [0.3, 0.4) is 0 Å². The quantitative estimate of drug-likeness (QED) is 0.810. The molecule has 0 bridgehead atoms. The first kappa shape index (κ1) is 12.3. The first-order chi connectivity index (χ1) is 8.31. The van der Waals surface area contributed by atoms with Crippen molar-refractivity contribution in [2.24, 2.45) is 11.7 Å². The molecule has 0 unspecified atom stereocenters. The molecule has 0 aliphatic heterocycles. The highest BCUT2D eigenvalue weighted by Crippen LogP contribution is 2.27. The van der Waals surface area contributed by atoms with Crippen LogP contribution in [0.25, 0.3) is 0 Å². The summed E-state index contributed by atoms with van der Waals surface area (Å²) >= 11 is 0. The van der Waals surface area contributed by atoms with Gasteiger partial charge in [-0.15, -0.1) is 0 Å². The van der Waals surface area contributed by atoms with Crippen LogP contribution in [-0.4, -0.2) is 12.3 Å². The van der Waals surface area contributed by atoms with Crippen molar-refractivity contribution in [3.05, 3.63) is 35.4 Å². The Bertz CT molecular complexity index is 380. The Morgan fingerprint density at radius 3 is 2.71 bits per heavy atom. The van der Waals surface area contributed by atoms with E-state index in [9.17, 15) is 4.79 Å². The Morgan fingerprint density at radius 1 is 1.24 bits per heavy atom. The highest BCUT2D eigenvalue weighted by atomic mass is 16.1. The summed E-state index contributed by atoms with van der Waals surface area (Å²) < 4.78 is 0. The highest BCUT2D eigenvalue weighted by molar-refractivity contribution is 5.98. The van der Waals surface area contributed by atoms with Crippen molar-refractivity contribution in [2.45, 2.75) is 38.5 Å². The number of ketones is 1. The number of Topliss-reactive ketones (excluding diaryl/α,β-unsaturated/α-hetero) is 1. The lowest BCUT2D eigenvalue weighted by atomic mass is 9.83. The van der Waals surface area contributed by atoms with Crippen LogP contribution in [0.15, 0.2) is 24.3 Å². The summed E-state index contributed by atoms with van der Waals surface area (Å²) in [5, 5.41) is 0. The lowest BCUT2D eigenvalue weighted by Gasteiger charge is -2.20. The third kappa shape index (κ3) is 3.16. The van der Waals surface area contributed by atoms with E-state index in [4.69, 9.17) is 5.73 Å².